The van der Waals surface area contributed by atoms with Crippen LogP contribution in [0, 0.1) is 13.8 Å². The fourth-order valence-electron chi connectivity index (χ4n) is 3.05. The predicted octanol–water partition coefficient (Wildman–Crippen LogP) is 3.89. The average Bonchev–Trinajstić information content (AvgIpc) is 2.61. The van der Waals surface area contributed by atoms with Crippen molar-refractivity contribution in [1.82, 2.24) is 0 Å². The van der Waals surface area contributed by atoms with Crippen molar-refractivity contribution in [3.8, 4) is 5.75 Å². The van der Waals surface area contributed by atoms with E-state index in [0.717, 1.165) is 17.4 Å². The smallest absolute Gasteiger partial charge is 0.248 e. The normalized spacial score (nSPS) is 12.3. The quantitative estimate of drug-likeness (QED) is 0.724. The molecule has 2 aromatic rings. The summed E-state index contributed by atoms with van der Waals surface area (Å²) in [6, 6.07) is 11.7. The molecule has 0 aromatic heterocycles. The Morgan fingerprint density at radius 2 is 1.86 bits per heavy atom. The van der Waals surface area contributed by atoms with E-state index in [-0.39, 0.29) is 5.91 Å². The molecule has 0 aliphatic heterocycles. The zero-order chi connectivity index (χ0) is 20.9. The maximum Gasteiger partial charge on any atom is 0.248 e. The number of hydrogen-bond acceptors (Lipinski definition) is 4. The number of amides is 1. The highest BCUT2D eigenvalue weighted by molar-refractivity contribution is 7.92. The van der Waals surface area contributed by atoms with Gasteiger partial charge in [-0.3, -0.25) is 9.10 Å². The van der Waals surface area contributed by atoms with Crippen molar-refractivity contribution >= 4 is 27.3 Å². The standard InChI is InChI=1S/C21H28N2O4S/c1-6-19(21(24)22-17-9-8-10-18(14-17)27-7-2)23(28(5,25)26)20-13-15(3)11-12-16(20)4/h8-14,19H,6-7H2,1-5H3,(H,22,24). The van der Waals surface area contributed by atoms with Crippen molar-refractivity contribution in [1.29, 1.82) is 0 Å². The van der Waals surface area contributed by atoms with Gasteiger partial charge in [0, 0.05) is 11.8 Å². The minimum Gasteiger partial charge on any atom is -0.494 e. The molecule has 1 atom stereocenters. The maximum atomic E-state index is 13.0. The molecule has 0 bridgehead atoms. The summed E-state index contributed by atoms with van der Waals surface area (Å²) in [6.07, 6.45) is 1.46. The number of aryl methyl sites for hydroxylation is 2. The first-order valence-corrected chi connectivity index (χ1v) is 11.1. The summed E-state index contributed by atoms with van der Waals surface area (Å²) < 4.78 is 31.9. The van der Waals surface area contributed by atoms with E-state index in [1.807, 2.05) is 32.9 Å². The number of sulfonamides is 1. The summed E-state index contributed by atoms with van der Waals surface area (Å²) in [5, 5.41) is 2.82. The molecular weight excluding hydrogens is 376 g/mol. The largest absolute Gasteiger partial charge is 0.494 e. The van der Waals surface area contributed by atoms with Crippen molar-refractivity contribution in [3.63, 3.8) is 0 Å². The van der Waals surface area contributed by atoms with Gasteiger partial charge in [-0.1, -0.05) is 25.1 Å². The van der Waals surface area contributed by atoms with Gasteiger partial charge in [0.1, 0.15) is 11.8 Å². The van der Waals surface area contributed by atoms with Crippen LogP contribution in [-0.2, 0) is 14.8 Å². The monoisotopic (exact) mass is 404 g/mol. The highest BCUT2D eigenvalue weighted by Gasteiger charge is 2.32. The van der Waals surface area contributed by atoms with E-state index in [9.17, 15) is 13.2 Å². The van der Waals surface area contributed by atoms with Crippen LogP contribution in [0.5, 0.6) is 5.75 Å². The minimum absolute atomic E-state index is 0.331. The zero-order valence-electron chi connectivity index (χ0n) is 17.0. The van der Waals surface area contributed by atoms with Crippen molar-refractivity contribution < 1.29 is 17.9 Å². The Morgan fingerprint density at radius 1 is 1.14 bits per heavy atom. The number of hydrogen-bond donors (Lipinski definition) is 1. The van der Waals surface area contributed by atoms with Gasteiger partial charge in [0.05, 0.1) is 18.6 Å². The number of benzene rings is 2. The highest BCUT2D eigenvalue weighted by atomic mass is 32.2. The van der Waals surface area contributed by atoms with Crippen LogP contribution in [-0.4, -0.2) is 33.2 Å². The summed E-state index contributed by atoms with van der Waals surface area (Å²) in [7, 11) is -3.67. The van der Waals surface area contributed by atoms with E-state index in [1.54, 1.807) is 37.3 Å². The van der Waals surface area contributed by atoms with Gasteiger partial charge in [-0.15, -0.1) is 0 Å². The third-order valence-electron chi connectivity index (χ3n) is 4.34. The molecule has 2 rings (SSSR count). The Hall–Kier alpha value is -2.54. The van der Waals surface area contributed by atoms with Crippen LogP contribution in [0.1, 0.15) is 31.4 Å². The predicted molar refractivity (Wildman–Crippen MR) is 114 cm³/mol. The fourth-order valence-corrected chi connectivity index (χ4v) is 4.31. The summed E-state index contributed by atoms with van der Waals surface area (Å²) in [5.41, 5.74) is 2.80. The molecule has 0 spiro atoms. The van der Waals surface area contributed by atoms with E-state index >= 15 is 0 Å². The van der Waals surface area contributed by atoms with Crippen molar-refractivity contribution in [2.75, 3.05) is 22.5 Å². The van der Waals surface area contributed by atoms with Gasteiger partial charge < -0.3 is 10.1 Å². The SMILES string of the molecule is CCOc1cccc(NC(=O)C(CC)N(c2cc(C)ccc2C)S(C)(=O)=O)c1. The van der Waals surface area contributed by atoms with Gasteiger partial charge in [-0.05, 0) is 56.5 Å². The van der Waals surface area contributed by atoms with Crippen LogP contribution in [0.15, 0.2) is 42.5 Å². The Labute approximate surface area is 167 Å². The molecule has 6 nitrogen and oxygen atoms in total. The summed E-state index contributed by atoms with van der Waals surface area (Å²) >= 11 is 0. The van der Waals surface area contributed by atoms with Gasteiger partial charge in [0.15, 0.2) is 0 Å². The number of carbonyl (C=O) groups excluding carboxylic acids is 1. The van der Waals surface area contributed by atoms with Gasteiger partial charge >= 0.3 is 0 Å². The number of ether oxygens (including phenoxy) is 1. The molecule has 1 N–H and O–H groups in total. The van der Waals surface area contributed by atoms with E-state index in [4.69, 9.17) is 4.74 Å². The Balaban J connectivity index is 2.39. The maximum absolute atomic E-state index is 13.0. The van der Waals surface area contributed by atoms with Crippen LogP contribution in [0.3, 0.4) is 0 Å². The number of carbonyl (C=O) groups is 1. The molecule has 28 heavy (non-hydrogen) atoms. The summed E-state index contributed by atoms with van der Waals surface area (Å²) in [4.78, 5) is 13.0. The topological polar surface area (TPSA) is 75.7 Å². The summed E-state index contributed by atoms with van der Waals surface area (Å²) in [5.74, 6) is 0.255. The molecule has 7 heteroatoms. The molecule has 0 fully saturated rings. The third-order valence-corrected chi connectivity index (χ3v) is 5.51. The third kappa shape index (κ3) is 5.25. The molecule has 0 radical (unpaired) electrons. The minimum atomic E-state index is -3.67. The molecule has 0 saturated heterocycles. The van der Waals surface area contributed by atoms with Gasteiger partial charge in [-0.25, -0.2) is 8.42 Å². The van der Waals surface area contributed by atoms with Gasteiger partial charge in [0.2, 0.25) is 15.9 Å². The number of rotatable bonds is 8. The first-order valence-electron chi connectivity index (χ1n) is 9.27. The van der Waals surface area contributed by atoms with Crippen LogP contribution in [0.4, 0.5) is 11.4 Å². The lowest BCUT2D eigenvalue weighted by atomic mass is 10.1. The van der Waals surface area contributed by atoms with Crippen LogP contribution < -0.4 is 14.4 Å². The van der Waals surface area contributed by atoms with Crippen molar-refractivity contribution in [2.45, 2.75) is 40.2 Å². The molecule has 1 unspecified atom stereocenters. The number of anilines is 2. The number of nitrogens with one attached hydrogen (secondary N) is 1. The second kappa shape index (κ2) is 9.10. The molecule has 2 aromatic carbocycles. The molecule has 0 heterocycles. The second-order valence-electron chi connectivity index (χ2n) is 6.72. The highest BCUT2D eigenvalue weighted by Crippen LogP contribution is 2.28. The first-order chi connectivity index (χ1) is 13.2. The van der Waals surface area contributed by atoms with Crippen LogP contribution in [0.2, 0.25) is 0 Å². The lowest BCUT2D eigenvalue weighted by Gasteiger charge is -2.31. The van der Waals surface area contributed by atoms with Crippen molar-refractivity contribution in [2.24, 2.45) is 0 Å². The average molecular weight is 405 g/mol. The van der Waals surface area contributed by atoms with Gasteiger partial charge in [0.25, 0.3) is 0 Å². The Kier molecular flexibility index (Phi) is 7.07. The lowest BCUT2D eigenvalue weighted by molar-refractivity contribution is -0.117. The molecule has 0 saturated carbocycles. The second-order valence-corrected chi connectivity index (χ2v) is 8.58. The van der Waals surface area contributed by atoms with E-state index in [2.05, 4.69) is 5.32 Å². The Bertz CT molecular complexity index is 941. The fraction of sp³-hybridized carbons (Fsp3) is 0.381. The molecule has 1 amide bonds. The first kappa shape index (κ1) is 21.8. The van der Waals surface area contributed by atoms with E-state index in [0.29, 0.717) is 30.2 Å². The number of nitrogens with zero attached hydrogens (tertiary/aromatic N) is 1. The van der Waals surface area contributed by atoms with Crippen molar-refractivity contribution in [3.05, 3.63) is 53.6 Å². The molecule has 0 aliphatic rings. The molecular formula is C21H28N2O4S. The van der Waals surface area contributed by atoms with E-state index < -0.39 is 16.1 Å². The van der Waals surface area contributed by atoms with Crippen LogP contribution in [0.25, 0.3) is 0 Å². The Morgan fingerprint density at radius 3 is 2.46 bits per heavy atom. The molecule has 152 valence electrons. The zero-order valence-corrected chi connectivity index (χ0v) is 17.8. The summed E-state index contributed by atoms with van der Waals surface area (Å²) in [6.45, 7) is 7.92. The lowest BCUT2D eigenvalue weighted by Crippen LogP contribution is -2.47. The molecule has 0 aliphatic carbocycles. The van der Waals surface area contributed by atoms with Gasteiger partial charge in [-0.2, -0.15) is 0 Å². The van der Waals surface area contributed by atoms with E-state index in [1.165, 1.54) is 4.31 Å². The van der Waals surface area contributed by atoms with Crippen LogP contribution >= 0.6 is 0 Å².